The highest BCUT2D eigenvalue weighted by Gasteiger charge is 2.39. The van der Waals surface area contributed by atoms with Gasteiger partial charge in [0, 0.05) is 13.1 Å². The maximum Gasteiger partial charge on any atom is 0.405 e. The average Bonchev–Trinajstić information content (AvgIpc) is 2.71. The van der Waals surface area contributed by atoms with E-state index < -0.39 is 42.5 Å². The van der Waals surface area contributed by atoms with Crippen LogP contribution in [0.15, 0.2) is 64.2 Å². The lowest BCUT2D eigenvalue weighted by Gasteiger charge is -2.22. The molecule has 3 N–H and O–H groups in total. The van der Waals surface area contributed by atoms with Crippen LogP contribution in [0.1, 0.15) is 5.56 Å². The Kier molecular flexibility index (Phi) is 6.36. The fourth-order valence-electron chi connectivity index (χ4n) is 2.96. The molecule has 1 heterocycles. The lowest BCUT2D eigenvalue weighted by atomic mass is 10.2. The second-order valence-corrected chi connectivity index (χ2v) is 6.63. The third kappa shape index (κ3) is 5.15. The van der Waals surface area contributed by atoms with E-state index in [2.05, 4.69) is 15.6 Å². The zero-order valence-electron chi connectivity index (χ0n) is 15.7. The number of H-pyrrole nitrogens is 1. The van der Waals surface area contributed by atoms with Gasteiger partial charge in [0.2, 0.25) is 5.91 Å². The van der Waals surface area contributed by atoms with E-state index in [0.29, 0.717) is 5.56 Å². The molecule has 0 saturated heterocycles. The number of benzene rings is 2. The summed E-state index contributed by atoms with van der Waals surface area (Å²) in [6.45, 7) is -1.25. The standard InChI is InChI=1S/C20H19F3N4O3/c21-20(22,23)16(24-10-13-6-2-1-3-7-13)11-25-17(28)12-27-15-9-5-4-8-14(15)18(29)26-19(27)30/h1-9,16,24H,10-12H2,(H,25,28)(H,26,29,30)/t16-/m0/s1. The van der Waals surface area contributed by atoms with Crippen molar-refractivity contribution in [3.63, 3.8) is 0 Å². The van der Waals surface area contributed by atoms with Crippen molar-refractivity contribution in [3.05, 3.63) is 81.0 Å². The fourth-order valence-corrected chi connectivity index (χ4v) is 2.96. The number of carbonyl (C=O) groups is 1. The summed E-state index contributed by atoms with van der Waals surface area (Å²) in [4.78, 5) is 38.3. The van der Waals surface area contributed by atoms with Gasteiger partial charge < -0.3 is 10.6 Å². The van der Waals surface area contributed by atoms with Crippen LogP contribution >= 0.6 is 0 Å². The highest BCUT2D eigenvalue weighted by atomic mass is 19.4. The molecule has 0 unspecified atom stereocenters. The molecule has 0 radical (unpaired) electrons. The molecule has 0 aliphatic heterocycles. The lowest BCUT2D eigenvalue weighted by molar-refractivity contribution is -0.156. The largest absolute Gasteiger partial charge is 0.405 e. The van der Waals surface area contributed by atoms with Crippen LogP contribution in [0.25, 0.3) is 10.9 Å². The van der Waals surface area contributed by atoms with Crippen molar-refractivity contribution in [2.45, 2.75) is 25.3 Å². The number of nitrogens with zero attached hydrogens (tertiary/aromatic N) is 1. The van der Waals surface area contributed by atoms with Crippen LogP contribution in [0.4, 0.5) is 13.2 Å². The number of carbonyl (C=O) groups excluding carboxylic acids is 1. The van der Waals surface area contributed by atoms with Crippen molar-refractivity contribution in [1.82, 2.24) is 20.2 Å². The van der Waals surface area contributed by atoms with Crippen LogP contribution < -0.4 is 21.9 Å². The number of halogens is 3. The minimum Gasteiger partial charge on any atom is -0.353 e. The van der Waals surface area contributed by atoms with Crippen LogP contribution in [0.3, 0.4) is 0 Å². The Morgan fingerprint density at radius 3 is 2.40 bits per heavy atom. The van der Waals surface area contributed by atoms with Crippen molar-refractivity contribution in [2.24, 2.45) is 0 Å². The monoisotopic (exact) mass is 420 g/mol. The molecule has 0 aliphatic carbocycles. The first-order valence-electron chi connectivity index (χ1n) is 9.08. The molecule has 7 nitrogen and oxygen atoms in total. The van der Waals surface area contributed by atoms with Gasteiger partial charge >= 0.3 is 11.9 Å². The molecule has 3 rings (SSSR count). The number of aromatic amines is 1. The molecule has 0 bridgehead atoms. The Morgan fingerprint density at radius 2 is 1.70 bits per heavy atom. The Bertz CT molecular complexity index is 1140. The van der Waals surface area contributed by atoms with Crippen LogP contribution in [-0.4, -0.2) is 34.2 Å². The number of nitrogens with one attached hydrogen (secondary N) is 3. The van der Waals surface area contributed by atoms with Gasteiger partial charge in [0.05, 0.1) is 10.9 Å². The first-order chi connectivity index (χ1) is 14.3. The molecule has 0 saturated carbocycles. The highest BCUT2D eigenvalue weighted by molar-refractivity contribution is 5.81. The summed E-state index contributed by atoms with van der Waals surface area (Å²) in [5.41, 5.74) is -0.529. The second kappa shape index (κ2) is 8.95. The smallest absolute Gasteiger partial charge is 0.353 e. The predicted molar refractivity (Wildman–Crippen MR) is 105 cm³/mol. The summed E-state index contributed by atoms with van der Waals surface area (Å²) in [6, 6.07) is 12.7. The van der Waals surface area contributed by atoms with Gasteiger partial charge in [0.25, 0.3) is 5.56 Å². The molecule has 158 valence electrons. The number of fused-ring (bicyclic) bond motifs is 1. The number of amides is 1. The number of aromatic nitrogens is 2. The first-order valence-corrected chi connectivity index (χ1v) is 9.08. The summed E-state index contributed by atoms with van der Waals surface area (Å²) >= 11 is 0. The maximum atomic E-state index is 13.3. The molecule has 1 amide bonds. The minimum absolute atomic E-state index is 0.0229. The molecule has 30 heavy (non-hydrogen) atoms. The molecule has 2 aromatic carbocycles. The van der Waals surface area contributed by atoms with Crippen LogP contribution in [0.5, 0.6) is 0 Å². The lowest BCUT2D eigenvalue weighted by Crippen LogP contribution is -2.50. The van der Waals surface area contributed by atoms with Crippen molar-refractivity contribution in [1.29, 1.82) is 0 Å². The third-order valence-corrected chi connectivity index (χ3v) is 4.50. The van der Waals surface area contributed by atoms with Gasteiger partial charge in [-0.1, -0.05) is 42.5 Å². The van der Waals surface area contributed by atoms with E-state index in [9.17, 15) is 27.6 Å². The fraction of sp³-hybridized carbons (Fsp3) is 0.250. The SMILES string of the molecule is O=C(Cn1c(=O)[nH]c(=O)c2ccccc21)NC[C@H](NCc1ccccc1)C(F)(F)F. The predicted octanol–water partition coefficient (Wildman–Crippen LogP) is 1.53. The van der Waals surface area contributed by atoms with Gasteiger partial charge in [0.15, 0.2) is 0 Å². The van der Waals surface area contributed by atoms with Crippen LogP contribution in [0, 0.1) is 0 Å². The highest BCUT2D eigenvalue weighted by Crippen LogP contribution is 2.20. The molecule has 10 heteroatoms. The number of alkyl halides is 3. The number of rotatable bonds is 7. The van der Waals surface area contributed by atoms with Gasteiger partial charge in [-0.25, -0.2) is 4.79 Å². The van der Waals surface area contributed by atoms with E-state index >= 15 is 0 Å². The number of para-hydroxylation sites is 1. The molecule has 0 fully saturated rings. The Balaban J connectivity index is 1.68. The first kappa shape index (κ1) is 21.3. The summed E-state index contributed by atoms with van der Waals surface area (Å²) in [5.74, 6) is -0.787. The maximum absolute atomic E-state index is 13.3. The van der Waals surface area contributed by atoms with Gasteiger partial charge in [-0.2, -0.15) is 13.2 Å². The molecule has 0 spiro atoms. The normalized spacial score (nSPS) is 12.6. The average molecular weight is 420 g/mol. The summed E-state index contributed by atoms with van der Waals surface area (Å²) < 4.78 is 40.9. The molecule has 1 aromatic heterocycles. The Morgan fingerprint density at radius 1 is 1.03 bits per heavy atom. The summed E-state index contributed by atoms with van der Waals surface area (Å²) in [6.07, 6.45) is -4.58. The zero-order chi connectivity index (χ0) is 21.7. The van der Waals surface area contributed by atoms with E-state index in [1.807, 2.05) is 0 Å². The van der Waals surface area contributed by atoms with Crippen LogP contribution in [0.2, 0.25) is 0 Å². The molecule has 0 aliphatic rings. The third-order valence-electron chi connectivity index (χ3n) is 4.50. The van der Waals surface area contributed by atoms with Crippen molar-refractivity contribution in [3.8, 4) is 0 Å². The summed E-state index contributed by atoms with van der Waals surface area (Å²) in [5, 5.41) is 4.79. The van der Waals surface area contributed by atoms with Gasteiger partial charge in [-0.15, -0.1) is 0 Å². The second-order valence-electron chi connectivity index (χ2n) is 6.63. The van der Waals surface area contributed by atoms with Gasteiger partial charge in [-0.05, 0) is 17.7 Å². The van der Waals surface area contributed by atoms with E-state index in [1.54, 1.807) is 42.5 Å². The Labute approximate surface area is 168 Å². The molecular formula is C20H19F3N4O3. The summed E-state index contributed by atoms with van der Waals surface area (Å²) in [7, 11) is 0. The van der Waals surface area contributed by atoms with Crippen molar-refractivity contribution in [2.75, 3.05) is 6.54 Å². The quantitative estimate of drug-likeness (QED) is 0.540. The minimum atomic E-state index is -4.58. The van der Waals surface area contributed by atoms with E-state index in [1.165, 1.54) is 12.1 Å². The van der Waals surface area contributed by atoms with Gasteiger partial charge in [-0.3, -0.25) is 19.1 Å². The topological polar surface area (TPSA) is 96.0 Å². The van der Waals surface area contributed by atoms with Gasteiger partial charge in [0.1, 0.15) is 12.6 Å². The molecule has 3 aromatic rings. The molecule has 1 atom stereocenters. The molecular weight excluding hydrogens is 401 g/mol. The van der Waals surface area contributed by atoms with E-state index in [0.717, 1.165) is 4.57 Å². The Hall–Kier alpha value is -3.40. The van der Waals surface area contributed by atoms with Crippen molar-refractivity contribution < 1.29 is 18.0 Å². The number of hydrogen-bond donors (Lipinski definition) is 3. The number of hydrogen-bond acceptors (Lipinski definition) is 4. The van der Waals surface area contributed by atoms with E-state index in [-0.39, 0.29) is 17.4 Å². The van der Waals surface area contributed by atoms with Crippen molar-refractivity contribution >= 4 is 16.8 Å². The van der Waals surface area contributed by atoms with Crippen LogP contribution in [-0.2, 0) is 17.9 Å². The van der Waals surface area contributed by atoms with E-state index in [4.69, 9.17) is 0 Å². The zero-order valence-corrected chi connectivity index (χ0v) is 15.7.